The molecule has 2 fully saturated rings. The van der Waals surface area contributed by atoms with Gasteiger partial charge in [0.1, 0.15) is 54.9 Å². The van der Waals surface area contributed by atoms with E-state index in [1.54, 1.807) is 0 Å². The smallest absolute Gasteiger partial charge is 0.306 e. The van der Waals surface area contributed by atoms with Gasteiger partial charge in [-0.25, -0.2) is 0 Å². The Kier molecular flexibility index (Phi) is 38.1. The van der Waals surface area contributed by atoms with Gasteiger partial charge in [-0.3, -0.25) is 4.79 Å². The van der Waals surface area contributed by atoms with Gasteiger partial charge in [-0.15, -0.1) is 0 Å². The standard InChI is InChI=1S/C55H94O14/c1-3-5-7-9-11-13-15-17-19-20-21-22-23-25-27-29-31-33-35-37-39-64-41-44(67-47(57)38-36-34-32-30-28-26-24-18-16-14-12-10-8-6-4-2)42-65-54-53(63)51(61)49(59)46(69-54)43-66-55-52(62)50(60)48(58)45(40-56)68-55/h6,8,11-14,17-19,24,28,30,44-46,48-56,58-63H,3-5,7,9-10,15-16,20-23,25-27,29,31-43H2,1-2H3/b8-6-,13-11-,14-12-,19-17-,24-18-,30-28-. The molecule has 69 heavy (non-hydrogen) atoms. The van der Waals surface area contributed by atoms with Crippen LogP contribution in [0.5, 0.6) is 0 Å². The van der Waals surface area contributed by atoms with Crippen molar-refractivity contribution in [1.82, 2.24) is 0 Å². The molecule has 0 spiro atoms. The molecule has 0 aromatic carbocycles. The summed E-state index contributed by atoms with van der Waals surface area (Å²) in [6, 6.07) is 0. The van der Waals surface area contributed by atoms with Crippen molar-refractivity contribution in [3.8, 4) is 0 Å². The van der Waals surface area contributed by atoms with Crippen molar-refractivity contribution >= 4 is 5.97 Å². The van der Waals surface area contributed by atoms with E-state index in [0.29, 0.717) is 13.0 Å². The van der Waals surface area contributed by atoms with Crippen molar-refractivity contribution in [1.29, 1.82) is 0 Å². The van der Waals surface area contributed by atoms with Gasteiger partial charge < -0.3 is 64.2 Å². The molecule has 0 radical (unpaired) electrons. The topological polar surface area (TPSA) is 214 Å². The van der Waals surface area contributed by atoms with Crippen LogP contribution in [0.3, 0.4) is 0 Å². The number of esters is 1. The number of carbonyl (C=O) groups is 1. The molecule has 11 atom stereocenters. The minimum Gasteiger partial charge on any atom is -0.457 e. The maximum Gasteiger partial charge on any atom is 0.306 e. The first-order valence-electron chi connectivity index (χ1n) is 26.5. The zero-order valence-electron chi connectivity index (χ0n) is 42.3. The highest BCUT2D eigenvalue weighted by atomic mass is 16.7. The molecule has 0 saturated carbocycles. The fourth-order valence-corrected chi connectivity index (χ4v) is 7.89. The average Bonchev–Trinajstić information content (AvgIpc) is 3.35. The van der Waals surface area contributed by atoms with Crippen molar-refractivity contribution in [2.24, 2.45) is 0 Å². The first-order chi connectivity index (χ1) is 33.6. The molecule has 2 rings (SSSR count). The number of hydrogen-bond acceptors (Lipinski definition) is 14. The summed E-state index contributed by atoms with van der Waals surface area (Å²) >= 11 is 0. The van der Waals surface area contributed by atoms with Crippen molar-refractivity contribution in [2.75, 3.05) is 33.0 Å². The second-order valence-electron chi connectivity index (χ2n) is 18.3. The van der Waals surface area contributed by atoms with E-state index in [1.807, 2.05) is 0 Å². The first kappa shape index (κ1) is 62.5. The highest BCUT2D eigenvalue weighted by Crippen LogP contribution is 2.26. The van der Waals surface area contributed by atoms with E-state index in [4.69, 9.17) is 28.4 Å². The van der Waals surface area contributed by atoms with E-state index in [1.165, 1.54) is 77.0 Å². The second kappa shape index (κ2) is 42.0. The second-order valence-corrected chi connectivity index (χ2v) is 18.3. The molecule has 0 aliphatic carbocycles. The van der Waals surface area contributed by atoms with Crippen molar-refractivity contribution in [3.63, 3.8) is 0 Å². The lowest BCUT2D eigenvalue weighted by molar-refractivity contribution is -0.332. The van der Waals surface area contributed by atoms with Crippen LogP contribution in [-0.2, 0) is 33.2 Å². The Bertz CT molecular complexity index is 1410. The maximum atomic E-state index is 13.0. The minimum atomic E-state index is -1.72. The summed E-state index contributed by atoms with van der Waals surface area (Å²) in [7, 11) is 0. The van der Waals surface area contributed by atoms with Crippen molar-refractivity contribution in [2.45, 2.75) is 235 Å². The van der Waals surface area contributed by atoms with Gasteiger partial charge in [0.25, 0.3) is 0 Å². The van der Waals surface area contributed by atoms with Crippen LogP contribution in [0.4, 0.5) is 0 Å². The average molecular weight is 979 g/mol. The van der Waals surface area contributed by atoms with E-state index in [9.17, 15) is 40.5 Å². The van der Waals surface area contributed by atoms with Crippen molar-refractivity contribution in [3.05, 3.63) is 72.9 Å². The third-order valence-corrected chi connectivity index (χ3v) is 12.2. The van der Waals surface area contributed by atoms with Crippen LogP contribution in [-0.4, -0.2) is 142 Å². The van der Waals surface area contributed by atoms with Gasteiger partial charge in [-0.05, 0) is 83.5 Å². The Labute approximate surface area is 415 Å². The summed E-state index contributed by atoms with van der Waals surface area (Å²) in [5, 5.41) is 72.2. The summed E-state index contributed by atoms with van der Waals surface area (Å²) in [6.45, 7) is 3.47. The van der Waals surface area contributed by atoms with E-state index in [2.05, 4.69) is 86.8 Å². The number of unbranched alkanes of at least 4 members (excludes halogenated alkanes) is 15. The molecular formula is C55H94O14. The molecular weight excluding hydrogens is 885 g/mol. The fraction of sp³-hybridized carbons (Fsp3) is 0.764. The highest BCUT2D eigenvalue weighted by Gasteiger charge is 2.47. The first-order valence-corrected chi connectivity index (χ1v) is 26.5. The van der Waals surface area contributed by atoms with Gasteiger partial charge >= 0.3 is 5.97 Å². The molecule has 14 nitrogen and oxygen atoms in total. The van der Waals surface area contributed by atoms with Crippen LogP contribution >= 0.6 is 0 Å². The molecule has 0 aromatic rings. The lowest BCUT2D eigenvalue weighted by Gasteiger charge is -2.42. The normalized spacial score (nSPS) is 26.3. The van der Waals surface area contributed by atoms with Gasteiger partial charge in [0.2, 0.25) is 0 Å². The molecule has 0 amide bonds. The molecule has 2 aliphatic rings. The van der Waals surface area contributed by atoms with Crippen molar-refractivity contribution < 1.29 is 69.0 Å². The Morgan fingerprint density at radius 3 is 1.48 bits per heavy atom. The van der Waals surface area contributed by atoms with Gasteiger partial charge in [0, 0.05) is 13.0 Å². The number of rotatable bonds is 41. The summed E-state index contributed by atoms with van der Waals surface area (Å²) in [5.41, 5.74) is 0. The third kappa shape index (κ3) is 29.5. The number of ether oxygens (including phenoxy) is 6. The summed E-state index contributed by atoms with van der Waals surface area (Å²) < 4.78 is 34.2. The SMILES string of the molecule is CC/C=C\C/C=C\C/C=C\C/C=C\CCCCC(=O)OC(COCCCCCCCCCCCC/C=C\C/C=C\CCCCC)COC1OC(COC2OC(CO)C(O)C(O)C2O)C(O)C(O)C1O. The van der Waals surface area contributed by atoms with Crippen LogP contribution in [0.25, 0.3) is 0 Å². The zero-order chi connectivity index (χ0) is 50.2. The molecule has 0 bridgehead atoms. The molecule has 0 aromatic heterocycles. The molecule has 2 heterocycles. The van der Waals surface area contributed by atoms with Gasteiger partial charge in [0.05, 0.1) is 26.4 Å². The molecule has 11 unspecified atom stereocenters. The number of allylic oxidation sites excluding steroid dienone is 12. The fourth-order valence-electron chi connectivity index (χ4n) is 7.89. The monoisotopic (exact) mass is 979 g/mol. The largest absolute Gasteiger partial charge is 0.457 e. The Hall–Kier alpha value is -2.57. The molecule has 2 aliphatic heterocycles. The molecule has 2 saturated heterocycles. The Morgan fingerprint density at radius 1 is 0.493 bits per heavy atom. The number of aliphatic hydroxyl groups excluding tert-OH is 7. The number of aliphatic hydroxyl groups is 7. The summed E-state index contributed by atoms with van der Waals surface area (Å²) in [6.07, 6.45) is 35.4. The van der Waals surface area contributed by atoms with Crippen LogP contribution in [0.15, 0.2) is 72.9 Å². The van der Waals surface area contributed by atoms with Gasteiger partial charge in [0.15, 0.2) is 12.6 Å². The van der Waals surface area contributed by atoms with E-state index >= 15 is 0 Å². The van der Waals surface area contributed by atoms with Crippen LogP contribution < -0.4 is 0 Å². The van der Waals surface area contributed by atoms with Crippen LogP contribution in [0.2, 0.25) is 0 Å². The molecule has 398 valence electrons. The predicted octanol–water partition coefficient (Wildman–Crippen LogP) is 8.29. The highest BCUT2D eigenvalue weighted by molar-refractivity contribution is 5.69. The summed E-state index contributed by atoms with van der Waals surface area (Å²) in [5.74, 6) is -0.419. The minimum absolute atomic E-state index is 0.0390. The lowest BCUT2D eigenvalue weighted by Crippen LogP contribution is -2.61. The van der Waals surface area contributed by atoms with Gasteiger partial charge in [-0.2, -0.15) is 0 Å². The van der Waals surface area contributed by atoms with E-state index < -0.39 is 86.7 Å². The summed E-state index contributed by atoms with van der Waals surface area (Å²) in [4.78, 5) is 13.0. The van der Waals surface area contributed by atoms with Crippen LogP contribution in [0, 0.1) is 0 Å². The molecule has 7 N–H and O–H groups in total. The quantitative estimate of drug-likeness (QED) is 0.0175. The van der Waals surface area contributed by atoms with E-state index in [0.717, 1.165) is 64.2 Å². The number of carbonyl (C=O) groups excluding carboxylic acids is 1. The van der Waals surface area contributed by atoms with E-state index in [-0.39, 0.29) is 19.6 Å². The predicted molar refractivity (Wildman–Crippen MR) is 270 cm³/mol. The Morgan fingerprint density at radius 2 is 0.942 bits per heavy atom. The maximum absolute atomic E-state index is 13.0. The van der Waals surface area contributed by atoms with Crippen LogP contribution in [0.1, 0.15) is 168 Å². The van der Waals surface area contributed by atoms with Gasteiger partial charge in [-0.1, -0.05) is 151 Å². The Balaban J connectivity index is 1.77. The lowest BCUT2D eigenvalue weighted by atomic mass is 9.98. The number of hydrogen-bond donors (Lipinski definition) is 7. The zero-order valence-corrected chi connectivity index (χ0v) is 42.3. The molecule has 14 heteroatoms. The third-order valence-electron chi connectivity index (χ3n) is 12.2.